The van der Waals surface area contributed by atoms with Gasteiger partial charge in [0.1, 0.15) is 5.52 Å². The highest BCUT2D eigenvalue weighted by atomic mass is 32.2. The molecule has 5 rings (SSSR count). The van der Waals surface area contributed by atoms with Gasteiger partial charge in [0.05, 0.1) is 13.2 Å². The Morgan fingerprint density at radius 3 is 2.60 bits per heavy atom. The number of rotatable bonds is 7. The minimum Gasteiger partial charge on any atom is -0.760 e. The van der Waals surface area contributed by atoms with Crippen LogP contribution in [-0.2, 0) is 22.5 Å². The zero-order valence-electron chi connectivity index (χ0n) is 18.7. The van der Waals surface area contributed by atoms with Gasteiger partial charge >= 0.3 is 0 Å². The van der Waals surface area contributed by atoms with Crippen LogP contribution in [0.2, 0.25) is 0 Å². The fourth-order valence-electron chi connectivity index (χ4n) is 4.00. The largest absolute Gasteiger partial charge is 0.760 e. The van der Waals surface area contributed by atoms with E-state index in [1.54, 1.807) is 4.90 Å². The van der Waals surface area contributed by atoms with Gasteiger partial charge in [-0.15, -0.1) is 0 Å². The summed E-state index contributed by atoms with van der Waals surface area (Å²) in [5, 5.41) is 3.14. The van der Waals surface area contributed by atoms with E-state index in [-0.39, 0.29) is 12.5 Å². The topological polar surface area (TPSA) is 120 Å². The van der Waals surface area contributed by atoms with Crippen LogP contribution in [0.25, 0.3) is 22.2 Å². The molecule has 0 radical (unpaired) electrons. The van der Waals surface area contributed by atoms with Crippen LogP contribution in [0.1, 0.15) is 15.9 Å². The SMILES string of the molecule is O=C(c1ccc(-c2cccc3nc(Nc4cccc(CNS(=O)[O-])c4)oc23)cc1)N1CCOCC1. The quantitative estimate of drug-likeness (QED) is 0.379. The highest BCUT2D eigenvalue weighted by molar-refractivity contribution is 7.77. The van der Waals surface area contributed by atoms with Gasteiger partial charge in [0.25, 0.3) is 11.9 Å². The number of oxazole rings is 1. The predicted octanol–water partition coefficient (Wildman–Crippen LogP) is 3.59. The number of ether oxygens (including phenoxy) is 1. The average molecular weight is 492 g/mol. The first-order valence-electron chi connectivity index (χ1n) is 11.1. The van der Waals surface area contributed by atoms with Gasteiger partial charge in [-0.05, 0) is 41.5 Å². The van der Waals surface area contributed by atoms with Crippen molar-refractivity contribution in [2.45, 2.75) is 6.54 Å². The number of morpholine rings is 1. The van der Waals surface area contributed by atoms with Gasteiger partial charge in [-0.3, -0.25) is 9.00 Å². The maximum Gasteiger partial charge on any atom is 0.300 e. The lowest BCUT2D eigenvalue weighted by Gasteiger charge is -2.26. The van der Waals surface area contributed by atoms with Gasteiger partial charge in [-0.25, -0.2) is 4.72 Å². The molecule has 180 valence electrons. The molecule has 9 nitrogen and oxygen atoms in total. The molecule has 1 fully saturated rings. The fourth-order valence-corrected chi connectivity index (χ4v) is 4.28. The van der Waals surface area contributed by atoms with E-state index in [9.17, 15) is 13.6 Å². The van der Waals surface area contributed by atoms with Crippen molar-refractivity contribution in [1.82, 2.24) is 14.6 Å². The lowest BCUT2D eigenvalue weighted by atomic mass is 10.0. The number of carbonyl (C=O) groups excluding carboxylic acids is 1. The molecule has 1 unspecified atom stereocenters. The van der Waals surface area contributed by atoms with E-state index in [1.807, 2.05) is 66.7 Å². The number of carbonyl (C=O) groups is 1. The summed E-state index contributed by atoms with van der Waals surface area (Å²) in [6.07, 6.45) is 0. The summed E-state index contributed by atoms with van der Waals surface area (Å²) in [6, 6.07) is 20.8. The zero-order valence-corrected chi connectivity index (χ0v) is 19.5. The van der Waals surface area contributed by atoms with Crippen LogP contribution in [0, 0.1) is 0 Å². The van der Waals surface area contributed by atoms with Crippen molar-refractivity contribution in [3.63, 3.8) is 0 Å². The molecule has 1 aliphatic heterocycles. The van der Waals surface area contributed by atoms with Gasteiger partial charge in [0.2, 0.25) is 0 Å². The van der Waals surface area contributed by atoms with Crippen molar-refractivity contribution in [1.29, 1.82) is 0 Å². The second-order valence-electron chi connectivity index (χ2n) is 8.04. The van der Waals surface area contributed by atoms with Crippen LogP contribution in [0.5, 0.6) is 0 Å². The van der Waals surface area contributed by atoms with Crippen LogP contribution in [0.3, 0.4) is 0 Å². The molecule has 0 bridgehead atoms. The summed E-state index contributed by atoms with van der Waals surface area (Å²) in [7, 11) is 0. The Balaban J connectivity index is 1.36. The first-order valence-corrected chi connectivity index (χ1v) is 12.2. The zero-order chi connectivity index (χ0) is 24.2. The van der Waals surface area contributed by atoms with E-state index in [0.717, 1.165) is 22.4 Å². The van der Waals surface area contributed by atoms with Gasteiger partial charge in [-0.1, -0.05) is 36.4 Å². The lowest BCUT2D eigenvalue weighted by Crippen LogP contribution is -2.40. The van der Waals surface area contributed by atoms with E-state index in [4.69, 9.17) is 9.15 Å². The van der Waals surface area contributed by atoms with Crippen molar-refractivity contribution >= 4 is 40.0 Å². The number of nitrogens with one attached hydrogen (secondary N) is 2. The smallest absolute Gasteiger partial charge is 0.300 e. The van der Waals surface area contributed by atoms with Crippen LogP contribution in [-0.4, -0.2) is 50.9 Å². The molecule has 3 aromatic carbocycles. The summed E-state index contributed by atoms with van der Waals surface area (Å²) >= 11 is -2.33. The maximum atomic E-state index is 12.7. The third kappa shape index (κ3) is 5.41. The van der Waals surface area contributed by atoms with Gasteiger partial charge < -0.3 is 23.9 Å². The highest BCUT2D eigenvalue weighted by Gasteiger charge is 2.19. The molecule has 35 heavy (non-hydrogen) atoms. The summed E-state index contributed by atoms with van der Waals surface area (Å²) in [6.45, 7) is 2.52. The molecule has 2 N–H and O–H groups in total. The molecule has 10 heteroatoms. The number of aromatic nitrogens is 1. The minimum atomic E-state index is -2.33. The van der Waals surface area contributed by atoms with Crippen LogP contribution in [0.15, 0.2) is 71.1 Å². The monoisotopic (exact) mass is 491 g/mol. The summed E-state index contributed by atoms with van der Waals surface area (Å²) < 4.78 is 35.2. The Bertz CT molecular complexity index is 1370. The lowest BCUT2D eigenvalue weighted by molar-refractivity contribution is 0.0303. The second kappa shape index (κ2) is 10.4. The molecule has 4 aromatic rings. The van der Waals surface area contributed by atoms with E-state index in [2.05, 4.69) is 15.0 Å². The number of para-hydroxylation sites is 1. The van der Waals surface area contributed by atoms with E-state index in [1.165, 1.54) is 0 Å². The summed E-state index contributed by atoms with van der Waals surface area (Å²) in [4.78, 5) is 19.1. The molecule has 0 aliphatic carbocycles. The van der Waals surface area contributed by atoms with Crippen molar-refractivity contribution in [2.75, 3.05) is 31.6 Å². The van der Waals surface area contributed by atoms with Crippen LogP contribution >= 0.6 is 0 Å². The highest BCUT2D eigenvalue weighted by Crippen LogP contribution is 2.32. The Morgan fingerprint density at radius 2 is 1.83 bits per heavy atom. The average Bonchev–Trinajstić information content (AvgIpc) is 3.30. The normalized spacial score (nSPS) is 14.7. The van der Waals surface area contributed by atoms with Gasteiger partial charge in [0, 0.05) is 47.7 Å². The van der Waals surface area contributed by atoms with Crippen LogP contribution in [0.4, 0.5) is 11.7 Å². The third-order valence-electron chi connectivity index (χ3n) is 5.73. The van der Waals surface area contributed by atoms with E-state index in [0.29, 0.717) is 49.0 Å². The maximum absolute atomic E-state index is 12.7. The first kappa shape index (κ1) is 23.2. The molecular formula is C25H23N4O5S-. The third-order valence-corrected chi connectivity index (χ3v) is 6.11. The number of anilines is 2. The van der Waals surface area contributed by atoms with Crippen LogP contribution < -0.4 is 10.0 Å². The van der Waals surface area contributed by atoms with Crippen molar-refractivity contribution in [2.24, 2.45) is 0 Å². The molecule has 2 heterocycles. The summed E-state index contributed by atoms with van der Waals surface area (Å²) in [5.41, 5.74) is 5.25. The fraction of sp³-hybridized carbons (Fsp3) is 0.200. The first-order chi connectivity index (χ1) is 17.1. The number of fused-ring (bicyclic) bond motifs is 1. The molecule has 1 aliphatic rings. The number of amides is 1. The minimum absolute atomic E-state index is 0.00290. The Labute approximate surface area is 204 Å². The van der Waals surface area contributed by atoms with Gasteiger partial charge in [-0.2, -0.15) is 4.98 Å². The number of benzene rings is 3. The molecule has 1 amide bonds. The molecule has 0 saturated carbocycles. The molecule has 1 saturated heterocycles. The standard InChI is InChI=1S/C25H24N4O5S/c30-24(29-11-13-33-14-12-29)19-9-7-18(8-10-19)21-5-2-6-22-23(21)34-25(28-22)27-20-4-1-3-17(15-20)16-26-35(31)32/h1-10,15,26H,11-14,16H2,(H,27,28)(H,31,32)/p-1. The number of hydrogen-bond donors (Lipinski definition) is 2. The molecular weight excluding hydrogens is 468 g/mol. The van der Waals surface area contributed by atoms with Gasteiger partial charge in [0.15, 0.2) is 5.58 Å². The Hall–Kier alpha value is -3.57. The number of hydrogen-bond acceptors (Lipinski definition) is 7. The van der Waals surface area contributed by atoms with Crippen molar-refractivity contribution in [3.05, 3.63) is 77.9 Å². The molecule has 1 atom stereocenters. The van der Waals surface area contributed by atoms with E-state index < -0.39 is 11.3 Å². The Morgan fingerprint density at radius 1 is 1.06 bits per heavy atom. The number of nitrogens with zero attached hydrogens (tertiary/aromatic N) is 2. The molecule has 0 spiro atoms. The van der Waals surface area contributed by atoms with Crippen molar-refractivity contribution < 1.29 is 22.7 Å². The second-order valence-corrected chi connectivity index (χ2v) is 8.79. The van der Waals surface area contributed by atoms with Crippen molar-refractivity contribution in [3.8, 4) is 11.1 Å². The Kier molecular flexibility index (Phi) is 6.87. The van der Waals surface area contributed by atoms with E-state index >= 15 is 0 Å². The predicted molar refractivity (Wildman–Crippen MR) is 132 cm³/mol. The molecule has 1 aromatic heterocycles. The summed E-state index contributed by atoms with van der Waals surface area (Å²) in [5.74, 6) is 0.00290.